The summed E-state index contributed by atoms with van der Waals surface area (Å²) in [7, 11) is 0. The van der Waals surface area contributed by atoms with Gasteiger partial charge in [-0.2, -0.15) is 11.8 Å². The monoisotopic (exact) mass is 430 g/mol. The number of halogens is 2. The number of thioether (sulfide) groups is 1. The second-order valence-electron chi connectivity index (χ2n) is 6.90. The molecule has 156 valence electrons. The van der Waals surface area contributed by atoms with Crippen molar-refractivity contribution in [2.24, 2.45) is 0 Å². The van der Waals surface area contributed by atoms with E-state index in [0.29, 0.717) is 12.4 Å². The molecule has 1 aliphatic heterocycles. The van der Waals surface area contributed by atoms with Crippen molar-refractivity contribution in [1.82, 2.24) is 15.5 Å². The highest BCUT2D eigenvalue weighted by Crippen LogP contribution is 2.24. The summed E-state index contributed by atoms with van der Waals surface area (Å²) >= 11 is 1.87. The van der Waals surface area contributed by atoms with Crippen LogP contribution in [0.5, 0.6) is 0 Å². The van der Waals surface area contributed by atoms with Crippen LogP contribution < -0.4 is 10.2 Å². The number of aromatic nitrogens is 2. The number of carbonyl (C=O) groups is 1. The molecule has 1 atom stereocenters. The molecule has 1 aliphatic rings. The summed E-state index contributed by atoms with van der Waals surface area (Å²) in [5.41, 5.74) is 0.834. The summed E-state index contributed by atoms with van der Waals surface area (Å²) in [5, 5.41) is 11.1. The number of nitrogens with one attached hydrogen (secondary N) is 1. The fraction of sp³-hybridized carbons (Fsp3) is 0.286. The average molecular weight is 430 g/mol. The van der Waals surface area contributed by atoms with Crippen LogP contribution >= 0.6 is 11.8 Å². The van der Waals surface area contributed by atoms with Gasteiger partial charge in [-0.25, -0.2) is 8.78 Å². The molecule has 1 saturated heterocycles. The summed E-state index contributed by atoms with van der Waals surface area (Å²) in [6.07, 6.45) is 0.391. The topological polar surface area (TPSA) is 71.3 Å². The lowest BCUT2D eigenvalue weighted by Gasteiger charge is -2.24. The maximum Gasteiger partial charge on any atom is 0.318 e. The van der Waals surface area contributed by atoms with Crippen LogP contribution in [0.2, 0.25) is 0 Å². The fourth-order valence-corrected chi connectivity index (χ4v) is 4.13. The Kier molecular flexibility index (Phi) is 6.27. The third-order valence-corrected chi connectivity index (χ3v) is 5.66. The van der Waals surface area contributed by atoms with Gasteiger partial charge in [-0.15, -0.1) is 5.10 Å². The second-order valence-corrected chi connectivity index (χ2v) is 8.12. The van der Waals surface area contributed by atoms with Gasteiger partial charge in [0.1, 0.15) is 17.7 Å². The molecular weight excluding hydrogens is 410 g/mol. The number of rotatable bonds is 6. The predicted molar refractivity (Wildman–Crippen MR) is 111 cm³/mol. The number of nitrogens with zero attached hydrogens (tertiary/aromatic N) is 3. The van der Waals surface area contributed by atoms with Gasteiger partial charge in [0.05, 0.1) is 0 Å². The van der Waals surface area contributed by atoms with Crippen molar-refractivity contribution in [1.29, 1.82) is 0 Å². The highest BCUT2D eigenvalue weighted by Gasteiger charge is 2.25. The number of benzene rings is 2. The molecule has 1 fully saturated rings. The van der Waals surface area contributed by atoms with Crippen LogP contribution in [-0.4, -0.2) is 40.7 Å². The molecule has 30 heavy (non-hydrogen) atoms. The Labute approximate surface area is 176 Å². The molecule has 0 saturated carbocycles. The Hall–Kier alpha value is -2.94. The number of hydrogen-bond donors (Lipinski definition) is 1. The predicted octanol–water partition coefficient (Wildman–Crippen LogP) is 3.61. The molecule has 6 nitrogen and oxygen atoms in total. The first-order valence-corrected chi connectivity index (χ1v) is 10.7. The number of carbonyl (C=O) groups excluding carboxylic acids is 1. The van der Waals surface area contributed by atoms with Crippen molar-refractivity contribution < 1.29 is 18.0 Å². The molecule has 2 aromatic carbocycles. The Morgan fingerprint density at radius 3 is 2.50 bits per heavy atom. The fourth-order valence-electron chi connectivity index (χ4n) is 3.23. The lowest BCUT2D eigenvalue weighted by Crippen LogP contribution is -2.32. The molecule has 3 aromatic rings. The van der Waals surface area contributed by atoms with Crippen molar-refractivity contribution >= 4 is 23.7 Å². The van der Waals surface area contributed by atoms with Crippen LogP contribution in [-0.2, 0) is 6.42 Å². The zero-order valence-electron chi connectivity index (χ0n) is 16.1. The van der Waals surface area contributed by atoms with Gasteiger partial charge in [-0.1, -0.05) is 35.4 Å². The summed E-state index contributed by atoms with van der Waals surface area (Å²) < 4.78 is 32.9. The van der Waals surface area contributed by atoms with Crippen LogP contribution in [0.4, 0.5) is 14.8 Å². The molecule has 1 amide bonds. The van der Waals surface area contributed by atoms with E-state index in [1.165, 1.54) is 0 Å². The van der Waals surface area contributed by atoms with Crippen LogP contribution in [0.3, 0.4) is 0 Å². The van der Waals surface area contributed by atoms with Crippen molar-refractivity contribution in [2.45, 2.75) is 12.5 Å². The standard InChI is InChI=1S/C21H20F2N4O2S/c22-16-11-15(12-17(23)13-16)19(28)24-18(10-14-4-2-1-3-5-14)20-25-26-21(29-20)27-6-8-30-9-7-27/h1-5,11-13,18H,6-10H2,(H,24,28)/t18-/m1/s1. The Bertz CT molecular complexity index is 989. The van der Waals surface area contributed by atoms with Gasteiger partial charge in [-0.05, 0) is 17.7 Å². The first-order chi connectivity index (χ1) is 14.6. The van der Waals surface area contributed by atoms with E-state index >= 15 is 0 Å². The molecule has 0 spiro atoms. The van der Waals surface area contributed by atoms with E-state index in [2.05, 4.69) is 15.5 Å². The van der Waals surface area contributed by atoms with Crippen molar-refractivity contribution in [2.75, 3.05) is 29.5 Å². The van der Waals surface area contributed by atoms with Gasteiger partial charge >= 0.3 is 6.01 Å². The van der Waals surface area contributed by atoms with Crippen molar-refractivity contribution in [3.63, 3.8) is 0 Å². The largest absolute Gasteiger partial charge is 0.406 e. The number of amides is 1. The normalized spacial score (nSPS) is 15.1. The maximum atomic E-state index is 13.5. The van der Waals surface area contributed by atoms with Crippen LogP contribution in [0.15, 0.2) is 52.9 Å². The molecule has 1 aromatic heterocycles. The van der Waals surface area contributed by atoms with E-state index in [9.17, 15) is 13.6 Å². The minimum atomic E-state index is -0.817. The molecular formula is C21H20F2N4O2S. The summed E-state index contributed by atoms with van der Waals surface area (Å²) in [6.45, 7) is 1.62. The lowest BCUT2D eigenvalue weighted by molar-refractivity contribution is 0.0929. The van der Waals surface area contributed by atoms with Crippen molar-refractivity contribution in [3.8, 4) is 0 Å². The van der Waals surface area contributed by atoms with Crippen LogP contribution in [0.1, 0.15) is 27.9 Å². The summed E-state index contributed by atoms with van der Waals surface area (Å²) in [5.74, 6) is -0.0496. The smallest absolute Gasteiger partial charge is 0.318 e. The molecule has 9 heteroatoms. The minimum absolute atomic E-state index is 0.113. The quantitative estimate of drug-likeness (QED) is 0.644. The zero-order chi connectivity index (χ0) is 20.9. The van der Waals surface area contributed by atoms with E-state index in [0.717, 1.165) is 48.4 Å². The SMILES string of the molecule is O=C(N[C@H](Cc1ccccc1)c1nnc(N2CCSCC2)o1)c1cc(F)cc(F)c1. The highest BCUT2D eigenvalue weighted by atomic mass is 32.2. The van der Waals surface area contributed by atoms with Gasteiger partial charge in [0.2, 0.25) is 5.89 Å². The molecule has 1 N–H and O–H groups in total. The molecule has 0 unspecified atom stereocenters. The minimum Gasteiger partial charge on any atom is -0.406 e. The van der Waals surface area contributed by atoms with Crippen LogP contribution in [0, 0.1) is 11.6 Å². The van der Waals surface area contributed by atoms with Gasteiger partial charge in [0.15, 0.2) is 0 Å². The molecule has 4 rings (SSSR count). The van der Waals surface area contributed by atoms with Crippen molar-refractivity contribution in [3.05, 3.63) is 77.2 Å². The number of anilines is 1. The Balaban J connectivity index is 1.58. The molecule has 0 radical (unpaired) electrons. The Morgan fingerprint density at radius 2 is 1.80 bits per heavy atom. The van der Waals surface area contributed by atoms with E-state index in [1.54, 1.807) is 0 Å². The van der Waals surface area contributed by atoms with E-state index in [-0.39, 0.29) is 11.5 Å². The first kappa shape index (κ1) is 20.3. The molecule has 0 aliphatic carbocycles. The van der Waals surface area contributed by atoms with Crippen LogP contribution in [0.25, 0.3) is 0 Å². The molecule has 2 heterocycles. The summed E-state index contributed by atoms with van der Waals surface area (Å²) in [4.78, 5) is 14.7. The summed E-state index contributed by atoms with van der Waals surface area (Å²) in [6, 6.07) is 12.0. The average Bonchev–Trinajstić information content (AvgIpc) is 3.24. The Morgan fingerprint density at radius 1 is 1.10 bits per heavy atom. The van der Waals surface area contributed by atoms with Gasteiger partial charge in [0.25, 0.3) is 5.91 Å². The highest BCUT2D eigenvalue weighted by molar-refractivity contribution is 7.99. The van der Waals surface area contributed by atoms with E-state index in [1.807, 2.05) is 47.0 Å². The maximum absolute atomic E-state index is 13.5. The third kappa shape index (κ3) is 4.96. The van der Waals surface area contributed by atoms with E-state index < -0.39 is 23.6 Å². The number of hydrogen-bond acceptors (Lipinski definition) is 6. The van der Waals surface area contributed by atoms with Gasteiger partial charge in [-0.3, -0.25) is 4.79 Å². The lowest BCUT2D eigenvalue weighted by atomic mass is 10.1. The molecule has 0 bridgehead atoms. The van der Waals surface area contributed by atoms with E-state index in [4.69, 9.17) is 4.42 Å². The van der Waals surface area contributed by atoms with Gasteiger partial charge < -0.3 is 14.6 Å². The van der Waals surface area contributed by atoms with Gasteiger partial charge in [0, 0.05) is 42.6 Å². The third-order valence-electron chi connectivity index (χ3n) is 4.72. The second kappa shape index (κ2) is 9.25. The zero-order valence-corrected chi connectivity index (χ0v) is 16.9. The first-order valence-electron chi connectivity index (χ1n) is 9.55.